The fourth-order valence-electron chi connectivity index (χ4n) is 2.86. The van der Waals surface area contributed by atoms with Crippen molar-refractivity contribution in [2.24, 2.45) is 0 Å². The Kier molecular flexibility index (Phi) is 5.52. The molecular weight excluding hydrogens is 309 g/mol. The van der Waals surface area contributed by atoms with Gasteiger partial charge in [0.1, 0.15) is 17.2 Å². The van der Waals surface area contributed by atoms with E-state index in [0.717, 1.165) is 12.8 Å². The van der Waals surface area contributed by atoms with Gasteiger partial charge in [-0.1, -0.05) is 18.7 Å². The first kappa shape index (κ1) is 18.3. The van der Waals surface area contributed by atoms with Crippen molar-refractivity contribution in [3.63, 3.8) is 0 Å². The molecule has 0 N–H and O–H groups in total. The average molecular weight is 335 g/mol. The van der Waals surface area contributed by atoms with E-state index >= 15 is 0 Å². The highest BCUT2D eigenvalue weighted by molar-refractivity contribution is 5.69. The van der Waals surface area contributed by atoms with Gasteiger partial charge in [-0.3, -0.25) is 0 Å². The van der Waals surface area contributed by atoms with Crippen LogP contribution in [0.3, 0.4) is 0 Å². The number of halogens is 1. The van der Waals surface area contributed by atoms with Gasteiger partial charge in [-0.15, -0.1) is 0 Å². The first-order valence-electron chi connectivity index (χ1n) is 8.34. The van der Waals surface area contributed by atoms with E-state index in [1.54, 1.807) is 17.0 Å². The van der Waals surface area contributed by atoms with Crippen LogP contribution in [-0.2, 0) is 9.47 Å². The summed E-state index contributed by atoms with van der Waals surface area (Å²) in [7, 11) is 0. The van der Waals surface area contributed by atoms with Crippen molar-refractivity contribution in [1.29, 1.82) is 0 Å². The van der Waals surface area contributed by atoms with Crippen LogP contribution in [0, 0.1) is 5.82 Å². The van der Waals surface area contributed by atoms with Gasteiger partial charge in [0.05, 0.1) is 12.6 Å². The van der Waals surface area contributed by atoms with Crippen LogP contribution in [0.2, 0.25) is 0 Å². The van der Waals surface area contributed by atoms with E-state index in [9.17, 15) is 9.18 Å². The molecule has 0 aromatic heterocycles. The van der Waals surface area contributed by atoms with Crippen molar-refractivity contribution in [2.45, 2.75) is 52.2 Å². The van der Waals surface area contributed by atoms with E-state index in [0.29, 0.717) is 30.0 Å². The number of ether oxygens (including phenoxy) is 2. The Labute approximate surface area is 143 Å². The Balaban J connectivity index is 2.20. The topological polar surface area (TPSA) is 38.8 Å². The first-order valence-corrected chi connectivity index (χ1v) is 8.34. The number of hydrogen-bond acceptors (Lipinski definition) is 3. The predicted octanol–water partition coefficient (Wildman–Crippen LogP) is 4.90. The molecule has 132 valence electrons. The van der Waals surface area contributed by atoms with Crippen LogP contribution in [0.5, 0.6) is 0 Å². The molecule has 0 radical (unpaired) electrons. The summed E-state index contributed by atoms with van der Waals surface area (Å²) in [5.41, 5.74) is 0.549. The summed E-state index contributed by atoms with van der Waals surface area (Å²) < 4.78 is 25.4. The maximum atomic E-state index is 14.6. The number of likely N-dealkylation sites (tertiary alicyclic amines) is 1. The van der Waals surface area contributed by atoms with E-state index in [-0.39, 0.29) is 11.9 Å². The molecule has 1 aromatic rings. The Morgan fingerprint density at radius 3 is 2.71 bits per heavy atom. The molecule has 1 atom stereocenters. The number of carbonyl (C=O) groups excluding carboxylic acids is 1. The van der Waals surface area contributed by atoms with Crippen molar-refractivity contribution in [2.75, 3.05) is 13.2 Å². The lowest BCUT2D eigenvalue weighted by Crippen LogP contribution is -2.36. The molecular formula is C19H26FNO3. The highest BCUT2D eigenvalue weighted by Crippen LogP contribution is 2.35. The molecule has 1 aromatic carbocycles. The largest absolute Gasteiger partial charge is 0.494 e. The summed E-state index contributed by atoms with van der Waals surface area (Å²) in [5.74, 6) is 0.0900. The lowest BCUT2D eigenvalue weighted by molar-refractivity contribution is 0.0222. The summed E-state index contributed by atoms with van der Waals surface area (Å²) in [4.78, 5) is 14.0. The molecule has 1 fully saturated rings. The van der Waals surface area contributed by atoms with Gasteiger partial charge in [-0.2, -0.15) is 0 Å². The molecule has 1 saturated heterocycles. The number of amides is 1. The molecule has 0 aliphatic carbocycles. The van der Waals surface area contributed by atoms with Gasteiger partial charge in [0, 0.05) is 17.7 Å². The highest BCUT2D eigenvalue weighted by atomic mass is 19.1. The minimum atomic E-state index is -0.568. The number of hydrogen-bond donors (Lipinski definition) is 0. The fraction of sp³-hybridized carbons (Fsp3) is 0.526. The average Bonchev–Trinajstić information content (AvgIpc) is 2.95. The van der Waals surface area contributed by atoms with Crippen LogP contribution < -0.4 is 0 Å². The minimum Gasteiger partial charge on any atom is -0.494 e. The standard InChI is InChI=1S/C19H26FNO3/c1-6-23-13(2)14-9-10-15(16(20)12-14)17-8-7-11-21(17)18(22)24-19(3,4)5/h9-10,12,17H,2,6-8,11H2,1,3-5H3. The van der Waals surface area contributed by atoms with E-state index in [4.69, 9.17) is 9.47 Å². The maximum Gasteiger partial charge on any atom is 0.410 e. The minimum absolute atomic E-state index is 0.297. The quantitative estimate of drug-likeness (QED) is 0.734. The second kappa shape index (κ2) is 7.24. The normalized spacial score (nSPS) is 17.7. The molecule has 4 nitrogen and oxygen atoms in total. The zero-order valence-corrected chi connectivity index (χ0v) is 14.9. The molecule has 2 rings (SSSR count). The van der Waals surface area contributed by atoms with Gasteiger partial charge in [0.25, 0.3) is 0 Å². The fourth-order valence-corrected chi connectivity index (χ4v) is 2.86. The lowest BCUT2D eigenvalue weighted by Gasteiger charge is -2.29. The highest BCUT2D eigenvalue weighted by Gasteiger charge is 2.34. The van der Waals surface area contributed by atoms with Crippen molar-refractivity contribution < 1.29 is 18.7 Å². The molecule has 1 aliphatic heterocycles. The molecule has 0 spiro atoms. The number of carbonyl (C=O) groups is 1. The van der Waals surface area contributed by atoms with E-state index in [2.05, 4.69) is 6.58 Å². The second-order valence-corrected chi connectivity index (χ2v) is 6.92. The third-order valence-electron chi connectivity index (χ3n) is 3.88. The smallest absolute Gasteiger partial charge is 0.410 e. The molecule has 1 aliphatic rings. The van der Waals surface area contributed by atoms with Crippen molar-refractivity contribution in [3.05, 3.63) is 41.7 Å². The summed E-state index contributed by atoms with van der Waals surface area (Å²) in [6, 6.07) is 4.61. The van der Waals surface area contributed by atoms with Crippen LogP contribution in [0.15, 0.2) is 24.8 Å². The van der Waals surface area contributed by atoms with Gasteiger partial charge >= 0.3 is 6.09 Å². The molecule has 24 heavy (non-hydrogen) atoms. The number of rotatable bonds is 4. The molecule has 1 unspecified atom stereocenters. The summed E-state index contributed by atoms with van der Waals surface area (Å²) in [5, 5.41) is 0. The number of benzene rings is 1. The molecule has 0 saturated carbocycles. The third kappa shape index (κ3) is 4.28. The third-order valence-corrected chi connectivity index (χ3v) is 3.88. The summed E-state index contributed by atoms with van der Waals surface area (Å²) in [6.07, 6.45) is 1.16. The van der Waals surface area contributed by atoms with E-state index in [1.807, 2.05) is 27.7 Å². The van der Waals surface area contributed by atoms with Gasteiger partial charge in [-0.05, 0) is 46.6 Å². The summed E-state index contributed by atoms with van der Waals surface area (Å²) in [6.45, 7) is 12.2. The molecule has 1 amide bonds. The van der Waals surface area contributed by atoms with Crippen LogP contribution in [0.25, 0.3) is 5.76 Å². The Morgan fingerprint density at radius 1 is 1.42 bits per heavy atom. The Morgan fingerprint density at radius 2 is 2.12 bits per heavy atom. The van der Waals surface area contributed by atoms with E-state index in [1.165, 1.54) is 6.07 Å². The van der Waals surface area contributed by atoms with Gasteiger partial charge in [-0.25, -0.2) is 9.18 Å². The molecule has 1 heterocycles. The molecule has 5 heteroatoms. The first-order chi connectivity index (χ1) is 11.2. The number of nitrogens with zero attached hydrogens (tertiary/aromatic N) is 1. The van der Waals surface area contributed by atoms with E-state index < -0.39 is 11.7 Å². The lowest BCUT2D eigenvalue weighted by atomic mass is 10.0. The molecule has 0 bridgehead atoms. The zero-order chi connectivity index (χ0) is 17.9. The SMILES string of the molecule is C=C(OCC)c1ccc(C2CCCN2C(=O)OC(C)(C)C)c(F)c1. The van der Waals surface area contributed by atoms with Gasteiger partial charge in [0.15, 0.2) is 0 Å². The zero-order valence-electron chi connectivity index (χ0n) is 14.9. The van der Waals surface area contributed by atoms with Crippen LogP contribution in [-0.4, -0.2) is 29.7 Å². The van der Waals surface area contributed by atoms with Crippen LogP contribution in [0.1, 0.15) is 57.7 Å². The van der Waals surface area contributed by atoms with Crippen molar-refractivity contribution >= 4 is 11.9 Å². The monoisotopic (exact) mass is 335 g/mol. The van der Waals surface area contributed by atoms with Crippen LogP contribution >= 0.6 is 0 Å². The Bertz CT molecular complexity index is 622. The van der Waals surface area contributed by atoms with Crippen molar-refractivity contribution in [3.8, 4) is 0 Å². The van der Waals surface area contributed by atoms with Gasteiger partial charge < -0.3 is 14.4 Å². The van der Waals surface area contributed by atoms with Gasteiger partial charge in [0.2, 0.25) is 0 Å². The predicted molar refractivity (Wildman–Crippen MR) is 92.0 cm³/mol. The summed E-state index contributed by atoms with van der Waals surface area (Å²) >= 11 is 0. The second-order valence-electron chi connectivity index (χ2n) is 6.92. The van der Waals surface area contributed by atoms with Crippen LogP contribution in [0.4, 0.5) is 9.18 Å². The maximum absolute atomic E-state index is 14.6. The Hall–Kier alpha value is -2.04. The van der Waals surface area contributed by atoms with Crippen molar-refractivity contribution in [1.82, 2.24) is 4.90 Å².